The summed E-state index contributed by atoms with van der Waals surface area (Å²) in [5.41, 5.74) is -2.59. The fourth-order valence-electron chi connectivity index (χ4n) is 2.38. The van der Waals surface area contributed by atoms with Gasteiger partial charge >= 0.3 is 12.1 Å². The van der Waals surface area contributed by atoms with Gasteiger partial charge in [0.05, 0.1) is 41.5 Å². The number of amides is 1. The Morgan fingerprint density at radius 1 is 1.13 bits per heavy atom. The van der Waals surface area contributed by atoms with E-state index in [0.717, 1.165) is 24.3 Å². The number of halogens is 4. The fourth-order valence-corrected chi connectivity index (χ4v) is 2.54. The molecule has 0 aliphatic heterocycles. The Labute approximate surface area is 177 Å². The fraction of sp³-hybridized carbons (Fsp3) is 0.222. The number of hydrogen-bond donors (Lipinski definition) is 1. The molecule has 0 bridgehead atoms. The summed E-state index contributed by atoms with van der Waals surface area (Å²) in [5, 5.41) is 13.1. The van der Waals surface area contributed by atoms with Gasteiger partial charge in [-0.1, -0.05) is 11.6 Å². The number of hydrogen-bond acceptors (Lipinski definition) is 7. The summed E-state index contributed by atoms with van der Waals surface area (Å²) < 4.78 is 53.1. The van der Waals surface area contributed by atoms with E-state index >= 15 is 0 Å². The van der Waals surface area contributed by atoms with Crippen LogP contribution in [0.3, 0.4) is 0 Å². The molecule has 0 heterocycles. The molecule has 1 N–H and O–H groups in total. The van der Waals surface area contributed by atoms with Crippen LogP contribution in [0.5, 0.6) is 11.5 Å². The summed E-state index contributed by atoms with van der Waals surface area (Å²) in [5.74, 6) is -2.27. The number of rotatable bonds is 7. The van der Waals surface area contributed by atoms with Crippen LogP contribution in [0.4, 0.5) is 24.5 Å². The van der Waals surface area contributed by atoms with Gasteiger partial charge in [0.15, 0.2) is 18.1 Å². The monoisotopic (exact) mass is 462 g/mol. The number of esters is 1. The number of nitrogens with one attached hydrogen (secondary N) is 1. The van der Waals surface area contributed by atoms with Crippen molar-refractivity contribution in [2.24, 2.45) is 0 Å². The standard InChI is InChI=1S/C18H14ClF3N2O7/c1-29-14-6-10(13(24(27)28)7-15(14)30-2)17(26)31-8-16(25)23-12-5-9(18(20,21)22)3-4-11(12)19/h3-7H,8H2,1-2H3,(H,23,25). The number of carbonyl (C=O) groups is 2. The van der Waals surface area contributed by atoms with Gasteiger partial charge < -0.3 is 19.5 Å². The van der Waals surface area contributed by atoms with E-state index in [1.807, 2.05) is 0 Å². The molecule has 0 saturated heterocycles. The van der Waals surface area contributed by atoms with E-state index in [2.05, 4.69) is 5.32 Å². The molecule has 1 amide bonds. The smallest absolute Gasteiger partial charge is 0.416 e. The Hall–Kier alpha value is -3.54. The van der Waals surface area contributed by atoms with Crippen LogP contribution in [-0.4, -0.2) is 37.6 Å². The van der Waals surface area contributed by atoms with Crippen LogP contribution in [-0.2, 0) is 15.7 Å². The lowest BCUT2D eigenvalue weighted by molar-refractivity contribution is -0.385. The second-order valence-corrected chi connectivity index (χ2v) is 6.21. The van der Waals surface area contributed by atoms with Crippen LogP contribution in [0.25, 0.3) is 0 Å². The van der Waals surface area contributed by atoms with Crippen molar-refractivity contribution in [3.05, 3.63) is 56.6 Å². The minimum absolute atomic E-state index is 0.000231. The lowest BCUT2D eigenvalue weighted by Gasteiger charge is -2.12. The van der Waals surface area contributed by atoms with Gasteiger partial charge in [-0.3, -0.25) is 14.9 Å². The highest BCUT2D eigenvalue weighted by atomic mass is 35.5. The molecule has 2 aromatic carbocycles. The minimum Gasteiger partial charge on any atom is -0.493 e. The third-order valence-electron chi connectivity index (χ3n) is 3.82. The van der Waals surface area contributed by atoms with E-state index in [4.69, 9.17) is 25.8 Å². The van der Waals surface area contributed by atoms with E-state index in [1.165, 1.54) is 14.2 Å². The second kappa shape index (κ2) is 9.51. The van der Waals surface area contributed by atoms with E-state index in [0.29, 0.717) is 6.07 Å². The third-order valence-corrected chi connectivity index (χ3v) is 4.15. The number of carbonyl (C=O) groups excluding carboxylic acids is 2. The van der Waals surface area contributed by atoms with Gasteiger partial charge in [0.1, 0.15) is 5.56 Å². The molecule has 0 aliphatic rings. The Morgan fingerprint density at radius 2 is 1.74 bits per heavy atom. The number of alkyl halides is 3. The molecule has 2 rings (SSSR count). The van der Waals surface area contributed by atoms with Crippen LogP contribution >= 0.6 is 11.6 Å². The Bertz CT molecular complexity index is 1030. The van der Waals surface area contributed by atoms with Gasteiger partial charge in [0.2, 0.25) is 0 Å². The van der Waals surface area contributed by atoms with Crippen molar-refractivity contribution in [1.82, 2.24) is 0 Å². The van der Waals surface area contributed by atoms with Gasteiger partial charge in [-0.15, -0.1) is 0 Å². The lowest BCUT2D eigenvalue weighted by atomic mass is 10.1. The number of nitro benzene ring substituents is 1. The number of ether oxygens (including phenoxy) is 3. The second-order valence-electron chi connectivity index (χ2n) is 5.80. The van der Waals surface area contributed by atoms with Crippen molar-refractivity contribution in [2.45, 2.75) is 6.18 Å². The average molecular weight is 463 g/mol. The lowest BCUT2D eigenvalue weighted by Crippen LogP contribution is -2.22. The van der Waals surface area contributed by atoms with E-state index in [-0.39, 0.29) is 22.2 Å². The molecule has 2 aromatic rings. The first-order valence-corrected chi connectivity index (χ1v) is 8.59. The number of nitro groups is 1. The quantitative estimate of drug-likeness (QED) is 0.374. The maximum Gasteiger partial charge on any atom is 0.416 e. The third kappa shape index (κ3) is 5.75. The SMILES string of the molecule is COc1cc(C(=O)OCC(=O)Nc2cc(C(F)(F)F)ccc2Cl)c([N+](=O)[O-])cc1OC. The van der Waals surface area contributed by atoms with Crippen LogP contribution in [0.1, 0.15) is 15.9 Å². The molecule has 9 nitrogen and oxygen atoms in total. The number of methoxy groups -OCH3 is 2. The maximum atomic E-state index is 12.8. The zero-order chi connectivity index (χ0) is 23.3. The summed E-state index contributed by atoms with van der Waals surface area (Å²) >= 11 is 5.78. The van der Waals surface area contributed by atoms with E-state index < -0.39 is 46.4 Å². The molecule has 0 radical (unpaired) electrons. The molecule has 0 atom stereocenters. The van der Waals surface area contributed by atoms with Crippen molar-refractivity contribution in [3.8, 4) is 11.5 Å². The first kappa shape index (κ1) is 23.7. The van der Waals surface area contributed by atoms with Crippen LogP contribution < -0.4 is 14.8 Å². The molecule has 0 unspecified atom stereocenters. The zero-order valence-corrected chi connectivity index (χ0v) is 16.7. The summed E-state index contributed by atoms with van der Waals surface area (Å²) in [6.45, 7) is -0.948. The van der Waals surface area contributed by atoms with Crippen LogP contribution in [0.2, 0.25) is 5.02 Å². The minimum atomic E-state index is -4.66. The predicted molar refractivity (Wildman–Crippen MR) is 102 cm³/mol. The molecular weight excluding hydrogens is 449 g/mol. The molecule has 0 fully saturated rings. The summed E-state index contributed by atoms with van der Waals surface area (Å²) in [6, 6.07) is 4.23. The van der Waals surface area contributed by atoms with Gasteiger partial charge in [-0.2, -0.15) is 13.2 Å². The molecule has 0 spiro atoms. The average Bonchev–Trinajstić information content (AvgIpc) is 2.71. The van der Waals surface area contributed by atoms with Gasteiger partial charge in [0.25, 0.3) is 11.6 Å². The van der Waals surface area contributed by atoms with Crippen molar-refractivity contribution in [3.63, 3.8) is 0 Å². The summed E-state index contributed by atoms with van der Waals surface area (Å²) in [6.07, 6.45) is -4.66. The molecule has 0 saturated carbocycles. The van der Waals surface area contributed by atoms with Gasteiger partial charge in [-0.05, 0) is 18.2 Å². The summed E-state index contributed by atoms with van der Waals surface area (Å²) in [4.78, 5) is 34.6. The number of nitrogens with zero attached hydrogens (tertiary/aromatic N) is 1. The highest BCUT2D eigenvalue weighted by Gasteiger charge is 2.31. The predicted octanol–water partition coefficient (Wildman–Crippen LogP) is 4.08. The first-order valence-electron chi connectivity index (χ1n) is 8.22. The maximum absolute atomic E-state index is 12.8. The zero-order valence-electron chi connectivity index (χ0n) is 15.9. The molecule has 31 heavy (non-hydrogen) atoms. The topological polar surface area (TPSA) is 117 Å². The highest BCUT2D eigenvalue weighted by Crippen LogP contribution is 2.35. The Morgan fingerprint density at radius 3 is 2.29 bits per heavy atom. The highest BCUT2D eigenvalue weighted by molar-refractivity contribution is 6.33. The van der Waals surface area contributed by atoms with Crippen molar-refractivity contribution >= 4 is 34.9 Å². The van der Waals surface area contributed by atoms with Gasteiger partial charge in [-0.25, -0.2) is 4.79 Å². The Kier molecular flexibility index (Phi) is 7.28. The number of anilines is 1. The largest absolute Gasteiger partial charge is 0.493 e. The molecule has 166 valence electrons. The number of benzene rings is 2. The molecule has 0 aliphatic carbocycles. The van der Waals surface area contributed by atoms with Crippen molar-refractivity contribution < 1.29 is 41.9 Å². The summed E-state index contributed by atoms with van der Waals surface area (Å²) in [7, 11) is 2.48. The van der Waals surface area contributed by atoms with Crippen LogP contribution in [0.15, 0.2) is 30.3 Å². The molecule has 13 heteroatoms. The normalized spacial score (nSPS) is 10.9. The molecular formula is C18H14ClF3N2O7. The van der Waals surface area contributed by atoms with E-state index in [1.54, 1.807) is 0 Å². The van der Waals surface area contributed by atoms with Crippen LogP contribution in [0, 0.1) is 10.1 Å². The Balaban J connectivity index is 2.16. The van der Waals surface area contributed by atoms with Gasteiger partial charge in [0, 0.05) is 6.07 Å². The first-order chi connectivity index (χ1) is 14.5. The molecule has 0 aromatic heterocycles. The van der Waals surface area contributed by atoms with Crippen molar-refractivity contribution in [2.75, 3.05) is 26.1 Å². The van der Waals surface area contributed by atoms with E-state index in [9.17, 15) is 32.9 Å². The van der Waals surface area contributed by atoms with Crippen molar-refractivity contribution in [1.29, 1.82) is 0 Å².